The Labute approximate surface area is 170 Å². The molecule has 3 aromatic rings. The molecule has 0 atom stereocenters. The quantitative estimate of drug-likeness (QED) is 0.651. The van der Waals surface area contributed by atoms with Crippen LogP contribution in [0.1, 0.15) is 12.0 Å². The SMILES string of the molecule is O=C(CN(c1ccncc1)S(=O)(=O)c1ccccc1)N1CCCc2ccccc21. The van der Waals surface area contributed by atoms with Crippen molar-refractivity contribution in [2.24, 2.45) is 0 Å². The van der Waals surface area contributed by atoms with E-state index in [2.05, 4.69) is 4.98 Å². The van der Waals surface area contributed by atoms with E-state index >= 15 is 0 Å². The molecule has 0 N–H and O–H groups in total. The second-order valence-electron chi connectivity index (χ2n) is 6.81. The predicted octanol–water partition coefficient (Wildman–Crippen LogP) is 3.26. The molecule has 29 heavy (non-hydrogen) atoms. The number of fused-ring (bicyclic) bond motifs is 1. The summed E-state index contributed by atoms with van der Waals surface area (Å²) in [6, 6.07) is 19.1. The number of nitrogens with zero attached hydrogens (tertiary/aromatic N) is 3. The minimum Gasteiger partial charge on any atom is -0.311 e. The van der Waals surface area contributed by atoms with Crippen molar-refractivity contribution >= 4 is 27.3 Å². The number of rotatable bonds is 5. The Morgan fingerprint density at radius 1 is 0.966 bits per heavy atom. The third kappa shape index (κ3) is 3.86. The van der Waals surface area contributed by atoms with Crippen molar-refractivity contribution in [3.8, 4) is 0 Å². The molecule has 2 heterocycles. The van der Waals surface area contributed by atoms with Gasteiger partial charge in [0.15, 0.2) is 0 Å². The zero-order valence-corrected chi connectivity index (χ0v) is 16.6. The summed E-state index contributed by atoms with van der Waals surface area (Å²) in [6.07, 6.45) is 4.80. The highest BCUT2D eigenvalue weighted by molar-refractivity contribution is 7.92. The number of benzene rings is 2. The highest BCUT2D eigenvalue weighted by Gasteiger charge is 2.30. The molecule has 0 bridgehead atoms. The summed E-state index contributed by atoms with van der Waals surface area (Å²) in [6.45, 7) is 0.293. The number of hydrogen-bond acceptors (Lipinski definition) is 4. The average molecular weight is 407 g/mol. The van der Waals surface area contributed by atoms with Gasteiger partial charge in [0.1, 0.15) is 6.54 Å². The van der Waals surface area contributed by atoms with E-state index in [-0.39, 0.29) is 17.3 Å². The van der Waals surface area contributed by atoms with Crippen molar-refractivity contribution in [1.82, 2.24) is 4.98 Å². The second kappa shape index (κ2) is 8.05. The van der Waals surface area contributed by atoms with Crippen LogP contribution in [0.5, 0.6) is 0 Å². The molecule has 6 nitrogen and oxygen atoms in total. The van der Waals surface area contributed by atoms with Gasteiger partial charge < -0.3 is 4.90 Å². The van der Waals surface area contributed by atoms with Crippen LogP contribution in [0.2, 0.25) is 0 Å². The highest BCUT2D eigenvalue weighted by atomic mass is 32.2. The number of aromatic nitrogens is 1. The maximum absolute atomic E-state index is 13.3. The fourth-order valence-electron chi connectivity index (χ4n) is 3.55. The minimum absolute atomic E-state index is 0.142. The van der Waals surface area contributed by atoms with Gasteiger partial charge in [0, 0.05) is 24.6 Å². The molecular formula is C22H21N3O3S. The van der Waals surface area contributed by atoms with Gasteiger partial charge in [0.05, 0.1) is 10.6 Å². The van der Waals surface area contributed by atoms with Gasteiger partial charge in [-0.3, -0.25) is 14.1 Å². The number of para-hydroxylation sites is 1. The number of anilines is 2. The summed E-state index contributed by atoms with van der Waals surface area (Å²) in [7, 11) is -3.91. The number of pyridine rings is 1. The van der Waals surface area contributed by atoms with Gasteiger partial charge >= 0.3 is 0 Å². The van der Waals surface area contributed by atoms with Crippen LogP contribution >= 0.6 is 0 Å². The summed E-state index contributed by atoms with van der Waals surface area (Å²) in [4.78, 5) is 19.0. The summed E-state index contributed by atoms with van der Waals surface area (Å²) in [5.41, 5.74) is 2.37. The van der Waals surface area contributed by atoms with E-state index in [9.17, 15) is 13.2 Å². The number of aryl methyl sites for hydroxylation is 1. The van der Waals surface area contributed by atoms with Crippen LogP contribution in [0, 0.1) is 0 Å². The zero-order valence-electron chi connectivity index (χ0n) is 15.8. The fourth-order valence-corrected chi connectivity index (χ4v) is 4.98. The lowest BCUT2D eigenvalue weighted by molar-refractivity contribution is -0.117. The van der Waals surface area contributed by atoms with Crippen LogP contribution in [0.25, 0.3) is 0 Å². The molecule has 0 aliphatic carbocycles. The number of amides is 1. The number of carbonyl (C=O) groups excluding carboxylic acids is 1. The van der Waals surface area contributed by atoms with Crippen LogP contribution in [0.3, 0.4) is 0 Å². The molecule has 0 spiro atoms. The predicted molar refractivity (Wildman–Crippen MR) is 112 cm³/mol. The Morgan fingerprint density at radius 2 is 1.66 bits per heavy atom. The molecule has 2 aromatic carbocycles. The Hall–Kier alpha value is -3.19. The summed E-state index contributed by atoms with van der Waals surface area (Å²) < 4.78 is 27.8. The first-order valence-corrected chi connectivity index (χ1v) is 10.9. The van der Waals surface area contributed by atoms with Gasteiger partial charge in [-0.1, -0.05) is 36.4 Å². The van der Waals surface area contributed by atoms with E-state index in [0.29, 0.717) is 12.2 Å². The van der Waals surface area contributed by atoms with Crippen molar-refractivity contribution < 1.29 is 13.2 Å². The molecule has 0 radical (unpaired) electrons. The first-order chi connectivity index (χ1) is 14.1. The van der Waals surface area contributed by atoms with Crippen LogP contribution < -0.4 is 9.21 Å². The lowest BCUT2D eigenvalue weighted by Gasteiger charge is -2.32. The van der Waals surface area contributed by atoms with Crippen molar-refractivity contribution in [1.29, 1.82) is 0 Å². The van der Waals surface area contributed by atoms with E-state index in [0.717, 1.165) is 28.4 Å². The number of sulfonamides is 1. The maximum Gasteiger partial charge on any atom is 0.264 e. The largest absolute Gasteiger partial charge is 0.311 e. The van der Waals surface area contributed by atoms with Crippen molar-refractivity contribution in [2.45, 2.75) is 17.7 Å². The number of hydrogen-bond donors (Lipinski definition) is 0. The van der Waals surface area contributed by atoms with Gasteiger partial charge in [-0.15, -0.1) is 0 Å². The topological polar surface area (TPSA) is 70.6 Å². The van der Waals surface area contributed by atoms with Crippen LogP contribution in [-0.4, -0.2) is 32.4 Å². The molecule has 4 rings (SSSR count). The molecule has 1 amide bonds. The molecular weight excluding hydrogens is 386 g/mol. The van der Waals surface area contributed by atoms with Crippen molar-refractivity contribution in [3.63, 3.8) is 0 Å². The van der Waals surface area contributed by atoms with Crippen LogP contribution in [0.15, 0.2) is 84.0 Å². The number of carbonyl (C=O) groups is 1. The van der Waals surface area contributed by atoms with Crippen LogP contribution in [-0.2, 0) is 21.2 Å². The van der Waals surface area contributed by atoms with E-state index in [4.69, 9.17) is 0 Å². The minimum atomic E-state index is -3.91. The maximum atomic E-state index is 13.3. The van der Waals surface area contributed by atoms with Gasteiger partial charge in [0.2, 0.25) is 5.91 Å². The molecule has 0 saturated carbocycles. The highest BCUT2D eigenvalue weighted by Crippen LogP contribution is 2.28. The Morgan fingerprint density at radius 3 is 2.41 bits per heavy atom. The Bertz CT molecular complexity index is 1100. The first-order valence-electron chi connectivity index (χ1n) is 9.43. The van der Waals surface area contributed by atoms with E-state index in [1.807, 2.05) is 24.3 Å². The zero-order chi connectivity index (χ0) is 20.3. The lowest BCUT2D eigenvalue weighted by atomic mass is 10.0. The third-order valence-corrected chi connectivity index (χ3v) is 6.76. The van der Waals surface area contributed by atoms with E-state index in [1.165, 1.54) is 24.5 Å². The van der Waals surface area contributed by atoms with Crippen LogP contribution in [0.4, 0.5) is 11.4 Å². The summed E-state index contributed by atoms with van der Waals surface area (Å²) in [5, 5.41) is 0. The second-order valence-corrected chi connectivity index (χ2v) is 8.67. The Kier molecular flexibility index (Phi) is 5.31. The molecule has 148 valence electrons. The van der Waals surface area contributed by atoms with Gasteiger partial charge in [-0.05, 0) is 48.7 Å². The van der Waals surface area contributed by atoms with Gasteiger partial charge in [-0.2, -0.15) is 0 Å². The first kappa shape index (κ1) is 19.1. The average Bonchev–Trinajstić information content (AvgIpc) is 2.78. The smallest absolute Gasteiger partial charge is 0.264 e. The van der Waals surface area contributed by atoms with Gasteiger partial charge in [-0.25, -0.2) is 8.42 Å². The molecule has 1 aliphatic rings. The molecule has 1 aliphatic heterocycles. The molecule has 0 unspecified atom stereocenters. The van der Waals surface area contributed by atoms with Crippen molar-refractivity contribution in [3.05, 3.63) is 84.7 Å². The monoisotopic (exact) mass is 407 g/mol. The van der Waals surface area contributed by atoms with E-state index in [1.54, 1.807) is 35.2 Å². The van der Waals surface area contributed by atoms with Crippen molar-refractivity contribution in [2.75, 3.05) is 22.3 Å². The summed E-state index contributed by atoms with van der Waals surface area (Å²) >= 11 is 0. The van der Waals surface area contributed by atoms with Gasteiger partial charge in [0.25, 0.3) is 10.0 Å². The molecule has 1 aromatic heterocycles. The standard InChI is InChI=1S/C22H21N3O3S/c26-22(24-16-6-8-18-7-4-5-11-21(18)24)17-25(19-12-14-23-15-13-19)29(27,28)20-9-2-1-3-10-20/h1-5,7,9-15H,6,8,16-17H2. The molecule has 0 saturated heterocycles. The fraction of sp³-hybridized carbons (Fsp3) is 0.182. The normalized spacial score (nSPS) is 13.6. The molecule has 0 fully saturated rings. The molecule has 7 heteroatoms. The lowest BCUT2D eigenvalue weighted by Crippen LogP contribution is -2.45. The van der Waals surface area contributed by atoms with E-state index < -0.39 is 10.0 Å². The Balaban J connectivity index is 1.70. The third-order valence-electron chi connectivity index (χ3n) is 4.97. The summed E-state index contributed by atoms with van der Waals surface area (Å²) in [5.74, 6) is -0.256.